The summed E-state index contributed by atoms with van der Waals surface area (Å²) >= 11 is 0. The van der Waals surface area contributed by atoms with E-state index in [2.05, 4.69) is 0 Å². The normalized spacial score (nSPS) is 14.5. The van der Waals surface area contributed by atoms with Crippen LogP contribution in [0, 0.1) is 6.92 Å². The van der Waals surface area contributed by atoms with Crippen LogP contribution >= 0.6 is 0 Å². The van der Waals surface area contributed by atoms with Gasteiger partial charge in [0.1, 0.15) is 11.5 Å². The average Bonchev–Trinajstić information content (AvgIpc) is 3.30. The van der Waals surface area contributed by atoms with Gasteiger partial charge in [-0.2, -0.15) is 0 Å². The van der Waals surface area contributed by atoms with E-state index < -0.39 is 0 Å². The first-order chi connectivity index (χ1) is 12.1. The van der Waals surface area contributed by atoms with Gasteiger partial charge in [0.2, 0.25) is 5.91 Å². The topological polar surface area (TPSA) is 76.1 Å². The molecule has 1 saturated heterocycles. The third kappa shape index (κ3) is 4.30. The second-order valence-corrected chi connectivity index (χ2v) is 5.94. The second kappa shape index (κ2) is 8.02. The van der Waals surface area contributed by atoms with Gasteiger partial charge in [-0.15, -0.1) is 0 Å². The molecule has 25 heavy (non-hydrogen) atoms. The lowest BCUT2D eigenvalue weighted by Crippen LogP contribution is -2.42. The summed E-state index contributed by atoms with van der Waals surface area (Å²) in [5.74, 6) is 1.10. The van der Waals surface area contributed by atoms with Crippen LogP contribution < -0.4 is 0 Å². The number of hydrogen-bond donors (Lipinski definition) is 0. The van der Waals surface area contributed by atoms with Gasteiger partial charge in [0.05, 0.1) is 37.8 Å². The molecule has 0 aliphatic carbocycles. The van der Waals surface area contributed by atoms with Crippen LogP contribution in [0.3, 0.4) is 0 Å². The van der Waals surface area contributed by atoms with Crippen LogP contribution in [0.2, 0.25) is 0 Å². The summed E-state index contributed by atoms with van der Waals surface area (Å²) in [4.78, 5) is 28.6. The minimum atomic E-state index is -0.169. The zero-order valence-corrected chi connectivity index (χ0v) is 14.3. The monoisotopic (exact) mass is 346 g/mol. The van der Waals surface area contributed by atoms with E-state index in [1.807, 2.05) is 6.07 Å². The summed E-state index contributed by atoms with van der Waals surface area (Å²) in [5, 5.41) is 0. The highest BCUT2D eigenvalue weighted by atomic mass is 16.5. The lowest BCUT2D eigenvalue weighted by Gasteiger charge is -2.28. The molecule has 3 rings (SSSR count). The Bertz CT molecular complexity index is 701. The van der Waals surface area contributed by atoms with E-state index in [0.717, 1.165) is 0 Å². The zero-order valence-electron chi connectivity index (χ0n) is 14.3. The van der Waals surface area contributed by atoms with Crippen molar-refractivity contribution in [2.24, 2.45) is 0 Å². The third-order valence-corrected chi connectivity index (χ3v) is 4.26. The van der Waals surface area contributed by atoms with Crippen LogP contribution in [0.15, 0.2) is 39.6 Å². The molecule has 7 heteroatoms. The Hall–Kier alpha value is -2.54. The number of aryl methyl sites for hydroxylation is 1. The number of carbonyl (C=O) groups excluding carboxylic acids is 2. The fourth-order valence-electron chi connectivity index (χ4n) is 2.82. The van der Waals surface area contributed by atoms with Crippen LogP contribution in [-0.4, -0.2) is 54.5 Å². The maximum Gasteiger partial charge on any atom is 0.257 e. The van der Waals surface area contributed by atoms with Crippen LogP contribution in [0.4, 0.5) is 0 Å². The molecule has 2 aromatic heterocycles. The first kappa shape index (κ1) is 17.3. The van der Waals surface area contributed by atoms with Gasteiger partial charge in [0.15, 0.2) is 0 Å². The third-order valence-electron chi connectivity index (χ3n) is 4.26. The van der Waals surface area contributed by atoms with Crippen molar-refractivity contribution < 1.29 is 23.2 Å². The molecule has 3 heterocycles. The van der Waals surface area contributed by atoms with E-state index in [-0.39, 0.29) is 18.2 Å². The fourth-order valence-corrected chi connectivity index (χ4v) is 2.82. The summed E-state index contributed by atoms with van der Waals surface area (Å²) in [6.07, 6.45) is 3.33. The van der Waals surface area contributed by atoms with Crippen molar-refractivity contribution in [3.63, 3.8) is 0 Å². The zero-order chi connectivity index (χ0) is 17.6. The molecule has 2 amide bonds. The van der Waals surface area contributed by atoms with Gasteiger partial charge in [-0.1, -0.05) is 0 Å². The lowest BCUT2D eigenvalue weighted by atomic mass is 10.2. The highest BCUT2D eigenvalue weighted by Gasteiger charge is 2.23. The van der Waals surface area contributed by atoms with Crippen molar-refractivity contribution in [1.82, 2.24) is 9.80 Å². The molecule has 1 aliphatic heterocycles. The standard InChI is InChI=1S/C18H22N2O5/c1-14-16(5-10-24-14)18(22)20(13-15-3-2-9-25-15)6-4-17(21)19-7-11-23-12-8-19/h2-3,5,9-10H,4,6-8,11-13H2,1H3. The maximum atomic E-state index is 12.8. The Morgan fingerprint density at radius 2 is 1.96 bits per heavy atom. The van der Waals surface area contributed by atoms with Crippen LogP contribution in [0.1, 0.15) is 28.3 Å². The molecule has 0 bridgehead atoms. The van der Waals surface area contributed by atoms with Gasteiger partial charge in [-0.25, -0.2) is 0 Å². The SMILES string of the molecule is Cc1occc1C(=O)N(CCC(=O)N1CCOCC1)Cc1ccco1. The molecular formula is C18H22N2O5. The molecule has 1 fully saturated rings. The van der Waals surface area contributed by atoms with Gasteiger partial charge < -0.3 is 23.4 Å². The summed E-state index contributed by atoms with van der Waals surface area (Å²) in [6.45, 7) is 4.71. The molecular weight excluding hydrogens is 324 g/mol. The first-order valence-electron chi connectivity index (χ1n) is 8.36. The highest BCUT2D eigenvalue weighted by Crippen LogP contribution is 2.16. The quantitative estimate of drug-likeness (QED) is 0.800. The first-order valence-corrected chi connectivity index (χ1v) is 8.36. The van der Waals surface area contributed by atoms with E-state index in [0.29, 0.717) is 56.5 Å². The van der Waals surface area contributed by atoms with Crippen molar-refractivity contribution in [3.05, 3.63) is 47.8 Å². The van der Waals surface area contributed by atoms with Gasteiger partial charge in [-0.05, 0) is 25.1 Å². The lowest BCUT2D eigenvalue weighted by molar-refractivity contribution is -0.135. The maximum absolute atomic E-state index is 12.8. The van der Waals surface area contributed by atoms with Crippen molar-refractivity contribution in [3.8, 4) is 0 Å². The number of ether oxygens (including phenoxy) is 1. The molecule has 2 aromatic rings. The largest absolute Gasteiger partial charge is 0.469 e. The minimum absolute atomic E-state index is 0.0319. The summed E-state index contributed by atoms with van der Waals surface area (Å²) < 4.78 is 15.9. The fraction of sp³-hybridized carbons (Fsp3) is 0.444. The minimum Gasteiger partial charge on any atom is -0.469 e. The predicted octanol–water partition coefficient (Wildman–Crippen LogP) is 2.07. The smallest absolute Gasteiger partial charge is 0.257 e. The molecule has 0 aromatic carbocycles. The van der Waals surface area contributed by atoms with E-state index in [1.54, 1.807) is 35.1 Å². The number of morpholine rings is 1. The van der Waals surface area contributed by atoms with Crippen molar-refractivity contribution in [2.75, 3.05) is 32.8 Å². The number of amides is 2. The van der Waals surface area contributed by atoms with Gasteiger partial charge >= 0.3 is 0 Å². The summed E-state index contributed by atoms with van der Waals surface area (Å²) in [5.41, 5.74) is 0.505. The summed E-state index contributed by atoms with van der Waals surface area (Å²) in [7, 11) is 0. The van der Waals surface area contributed by atoms with Gasteiger partial charge in [0.25, 0.3) is 5.91 Å². The molecule has 0 N–H and O–H groups in total. The Kier molecular flexibility index (Phi) is 5.55. The van der Waals surface area contributed by atoms with Crippen molar-refractivity contribution >= 4 is 11.8 Å². The van der Waals surface area contributed by atoms with E-state index in [4.69, 9.17) is 13.6 Å². The summed E-state index contributed by atoms with van der Waals surface area (Å²) in [6, 6.07) is 5.24. The number of carbonyl (C=O) groups is 2. The number of furan rings is 2. The molecule has 7 nitrogen and oxygen atoms in total. The Balaban J connectivity index is 1.66. The second-order valence-electron chi connectivity index (χ2n) is 5.94. The van der Waals surface area contributed by atoms with Gasteiger partial charge in [-0.3, -0.25) is 9.59 Å². The molecule has 134 valence electrons. The number of rotatable bonds is 6. The predicted molar refractivity (Wildman–Crippen MR) is 88.9 cm³/mol. The Morgan fingerprint density at radius 1 is 1.16 bits per heavy atom. The highest BCUT2D eigenvalue weighted by molar-refractivity contribution is 5.95. The molecule has 0 unspecified atom stereocenters. The molecule has 0 radical (unpaired) electrons. The van der Waals surface area contributed by atoms with Crippen molar-refractivity contribution in [2.45, 2.75) is 19.9 Å². The van der Waals surface area contributed by atoms with Crippen LogP contribution in [-0.2, 0) is 16.1 Å². The van der Waals surface area contributed by atoms with Crippen LogP contribution in [0.5, 0.6) is 0 Å². The molecule has 0 spiro atoms. The van der Waals surface area contributed by atoms with E-state index >= 15 is 0 Å². The number of nitrogens with zero attached hydrogens (tertiary/aromatic N) is 2. The van der Waals surface area contributed by atoms with Crippen LogP contribution in [0.25, 0.3) is 0 Å². The van der Waals surface area contributed by atoms with E-state index in [9.17, 15) is 9.59 Å². The van der Waals surface area contributed by atoms with E-state index in [1.165, 1.54) is 6.26 Å². The average molecular weight is 346 g/mol. The Morgan fingerprint density at radius 3 is 2.60 bits per heavy atom. The van der Waals surface area contributed by atoms with Gasteiger partial charge in [0, 0.05) is 26.1 Å². The molecule has 0 atom stereocenters. The molecule has 1 aliphatic rings. The number of hydrogen-bond acceptors (Lipinski definition) is 5. The van der Waals surface area contributed by atoms with Crippen molar-refractivity contribution in [1.29, 1.82) is 0 Å². The molecule has 0 saturated carbocycles. The Labute approximate surface area is 146 Å².